The molecule has 3 aromatic rings. The molecule has 0 aliphatic heterocycles. The van der Waals surface area contributed by atoms with Crippen LogP contribution >= 0.6 is 11.6 Å². The summed E-state index contributed by atoms with van der Waals surface area (Å²) in [6.45, 7) is 2.65. The number of carbonyl (C=O) groups is 1. The zero-order valence-electron chi connectivity index (χ0n) is 15.0. The van der Waals surface area contributed by atoms with E-state index in [-0.39, 0.29) is 5.91 Å². The zero-order chi connectivity index (χ0) is 19.2. The SMILES string of the molecule is COc1ccc(Cl)cc1NC(=O)c1cnc(NCc2cccc(C)c2)nc1. The average molecular weight is 383 g/mol. The van der Waals surface area contributed by atoms with Gasteiger partial charge in [0.25, 0.3) is 5.91 Å². The van der Waals surface area contributed by atoms with Crippen LogP contribution in [0.3, 0.4) is 0 Å². The van der Waals surface area contributed by atoms with Crippen LogP contribution in [0.15, 0.2) is 54.9 Å². The Hall–Kier alpha value is -3.12. The first-order valence-corrected chi connectivity index (χ1v) is 8.69. The number of aromatic nitrogens is 2. The molecule has 2 aromatic carbocycles. The molecular weight excluding hydrogens is 364 g/mol. The predicted molar refractivity (Wildman–Crippen MR) is 106 cm³/mol. The van der Waals surface area contributed by atoms with Crippen molar-refractivity contribution < 1.29 is 9.53 Å². The van der Waals surface area contributed by atoms with E-state index in [4.69, 9.17) is 16.3 Å². The number of amides is 1. The fourth-order valence-electron chi connectivity index (χ4n) is 2.51. The second kappa shape index (κ2) is 8.51. The number of benzene rings is 2. The second-order valence-corrected chi connectivity index (χ2v) is 6.37. The molecule has 138 valence electrons. The maximum atomic E-state index is 12.4. The molecule has 0 fully saturated rings. The number of halogens is 1. The summed E-state index contributed by atoms with van der Waals surface area (Å²) >= 11 is 5.98. The highest BCUT2D eigenvalue weighted by atomic mass is 35.5. The van der Waals surface area contributed by atoms with Gasteiger partial charge in [0.2, 0.25) is 5.95 Å². The van der Waals surface area contributed by atoms with Crippen LogP contribution < -0.4 is 15.4 Å². The van der Waals surface area contributed by atoms with Crippen molar-refractivity contribution in [3.63, 3.8) is 0 Å². The molecule has 7 heteroatoms. The molecule has 27 heavy (non-hydrogen) atoms. The van der Waals surface area contributed by atoms with Crippen molar-refractivity contribution in [1.29, 1.82) is 0 Å². The fraction of sp³-hybridized carbons (Fsp3) is 0.150. The van der Waals surface area contributed by atoms with Gasteiger partial charge in [0.1, 0.15) is 5.75 Å². The van der Waals surface area contributed by atoms with Crippen molar-refractivity contribution in [3.8, 4) is 5.75 Å². The van der Waals surface area contributed by atoms with E-state index in [1.165, 1.54) is 25.1 Å². The number of anilines is 2. The largest absolute Gasteiger partial charge is 0.495 e. The number of aryl methyl sites for hydroxylation is 1. The summed E-state index contributed by atoms with van der Waals surface area (Å²) < 4.78 is 5.22. The third-order valence-electron chi connectivity index (χ3n) is 3.86. The molecule has 0 aliphatic rings. The molecule has 3 rings (SSSR count). The summed E-state index contributed by atoms with van der Waals surface area (Å²) in [4.78, 5) is 20.8. The normalized spacial score (nSPS) is 10.3. The van der Waals surface area contributed by atoms with E-state index in [1.54, 1.807) is 18.2 Å². The first kappa shape index (κ1) is 18.7. The average Bonchev–Trinajstić information content (AvgIpc) is 2.67. The molecule has 0 saturated carbocycles. The Morgan fingerprint density at radius 2 is 1.93 bits per heavy atom. The molecule has 1 aromatic heterocycles. The lowest BCUT2D eigenvalue weighted by atomic mass is 10.1. The molecule has 0 saturated heterocycles. The highest BCUT2D eigenvalue weighted by Gasteiger charge is 2.11. The Morgan fingerprint density at radius 1 is 1.15 bits per heavy atom. The van der Waals surface area contributed by atoms with Gasteiger partial charge in [0.15, 0.2) is 0 Å². The molecule has 0 radical (unpaired) electrons. The van der Waals surface area contributed by atoms with Crippen molar-refractivity contribution in [3.05, 3.63) is 76.6 Å². The quantitative estimate of drug-likeness (QED) is 0.664. The van der Waals surface area contributed by atoms with Crippen molar-refractivity contribution in [2.24, 2.45) is 0 Å². The van der Waals surface area contributed by atoms with Gasteiger partial charge in [0.05, 0.1) is 18.4 Å². The van der Waals surface area contributed by atoms with Crippen LogP contribution in [0, 0.1) is 6.92 Å². The van der Waals surface area contributed by atoms with E-state index in [9.17, 15) is 4.79 Å². The van der Waals surface area contributed by atoms with E-state index in [1.807, 2.05) is 25.1 Å². The van der Waals surface area contributed by atoms with Crippen molar-refractivity contribution >= 4 is 29.1 Å². The predicted octanol–water partition coefficient (Wildman–Crippen LogP) is 4.31. The number of ether oxygens (including phenoxy) is 1. The molecule has 6 nitrogen and oxygen atoms in total. The third kappa shape index (κ3) is 4.95. The number of methoxy groups -OCH3 is 1. The molecule has 0 aliphatic carbocycles. The summed E-state index contributed by atoms with van der Waals surface area (Å²) in [5, 5.41) is 6.39. The monoisotopic (exact) mass is 382 g/mol. The highest BCUT2D eigenvalue weighted by molar-refractivity contribution is 6.31. The van der Waals surface area contributed by atoms with Gasteiger partial charge in [-0.3, -0.25) is 4.79 Å². The van der Waals surface area contributed by atoms with Crippen LogP contribution in [0.5, 0.6) is 5.75 Å². The summed E-state index contributed by atoms with van der Waals surface area (Å²) in [6, 6.07) is 13.2. The Bertz CT molecular complexity index is 945. The van der Waals surface area contributed by atoms with Crippen LogP contribution in [0.4, 0.5) is 11.6 Å². The minimum absolute atomic E-state index is 0.332. The number of nitrogens with one attached hydrogen (secondary N) is 2. The van der Waals surface area contributed by atoms with Gasteiger partial charge < -0.3 is 15.4 Å². The topological polar surface area (TPSA) is 76.1 Å². The third-order valence-corrected chi connectivity index (χ3v) is 4.09. The minimum Gasteiger partial charge on any atom is -0.495 e. The smallest absolute Gasteiger partial charge is 0.258 e. The van der Waals surface area contributed by atoms with Crippen LogP contribution in [-0.4, -0.2) is 23.0 Å². The molecule has 0 atom stereocenters. The Balaban J connectivity index is 1.64. The van der Waals surface area contributed by atoms with Gasteiger partial charge in [-0.05, 0) is 30.7 Å². The lowest BCUT2D eigenvalue weighted by Crippen LogP contribution is -2.14. The summed E-state index contributed by atoms with van der Waals surface area (Å²) in [5.74, 6) is 0.624. The molecule has 0 bridgehead atoms. The molecule has 1 amide bonds. The number of carbonyl (C=O) groups excluding carboxylic acids is 1. The Labute approximate surface area is 162 Å². The number of hydrogen-bond acceptors (Lipinski definition) is 5. The van der Waals surface area contributed by atoms with E-state index >= 15 is 0 Å². The molecular formula is C20H19ClN4O2. The van der Waals surface area contributed by atoms with Gasteiger partial charge in [-0.25, -0.2) is 9.97 Å². The van der Waals surface area contributed by atoms with Gasteiger partial charge in [0, 0.05) is 24.0 Å². The fourth-order valence-corrected chi connectivity index (χ4v) is 2.68. The number of hydrogen-bond donors (Lipinski definition) is 2. The van der Waals surface area contributed by atoms with E-state index < -0.39 is 0 Å². The van der Waals surface area contributed by atoms with Gasteiger partial charge >= 0.3 is 0 Å². The summed E-state index contributed by atoms with van der Waals surface area (Å²) in [7, 11) is 1.52. The molecule has 1 heterocycles. The zero-order valence-corrected chi connectivity index (χ0v) is 15.7. The number of nitrogens with zero attached hydrogens (tertiary/aromatic N) is 2. The molecule has 0 spiro atoms. The van der Waals surface area contributed by atoms with Crippen LogP contribution in [-0.2, 0) is 6.54 Å². The lowest BCUT2D eigenvalue weighted by Gasteiger charge is -2.10. The van der Waals surface area contributed by atoms with Crippen molar-refractivity contribution in [1.82, 2.24) is 9.97 Å². The second-order valence-electron chi connectivity index (χ2n) is 5.94. The summed E-state index contributed by atoms with van der Waals surface area (Å²) in [5.41, 5.74) is 3.14. The first-order chi connectivity index (χ1) is 13.0. The van der Waals surface area contributed by atoms with Crippen molar-refractivity contribution in [2.75, 3.05) is 17.7 Å². The number of rotatable bonds is 6. The maximum Gasteiger partial charge on any atom is 0.258 e. The first-order valence-electron chi connectivity index (χ1n) is 8.31. The van der Waals surface area contributed by atoms with Crippen molar-refractivity contribution in [2.45, 2.75) is 13.5 Å². The van der Waals surface area contributed by atoms with Gasteiger partial charge in [-0.1, -0.05) is 41.4 Å². The lowest BCUT2D eigenvalue weighted by molar-refractivity contribution is 0.102. The Kier molecular flexibility index (Phi) is 5.88. The molecule has 0 unspecified atom stereocenters. The van der Waals surface area contributed by atoms with E-state index in [0.717, 1.165) is 5.56 Å². The van der Waals surface area contributed by atoms with Crippen LogP contribution in [0.2, 0.25) is 5.02 Å². The van der Waals surface area contributed by atoms with Crippen LogP contribution in [0.1, 0.15) is 21.5 Å². The maximum absolute atomic E-state index is 12.4. The highest BCUT2D eigenvalue weighted by Crippen LogP contribution is 2.28. The Morgan fingerprint density at radius 3 is 2.63 bits per heavy atom. The molecule has 2 N–H and O–H groups in total. The van der Waals surface area contributed by atoms with E-state index in [2.05, 4.69) is 26.7 Å². The summed E-state index contributed by atoms with van der Waals surface area (Å²) in [6.07, 6.45) is 2.94. The van der Waals surface area contributed by atoms with Gasteiger partial charge in [-0.2, -0.15) is 0 Å². The minimum atomic E-state index is -0.346. The van der Waals surface area contributed by atoms with E-state index in [0.29, 0.717) is 34.5 Å². The van der Waals surface area contributed by atoms with Crippen LogP contribution in [0.25, 0.3) is 0 Å². The standard InChI is InChI=1S/C20H19ClN4O2/c1-13-4-3-5-14(8-13)10-22-20-23-11-15(12-24-20)19(26)25-17-9-16(21)6-7-18(17)27-2/h3-9,11-12H,10H2,1-2H3,(H,25,26)(H,22,23,24). The van der Waals surface area contributed by atoms with Gasteiger partial charge in [-0.15, -0.1) is 0 Å².